The van der Waals surface area contributed by atoms with E-state index in [0.717, 1.165) is 55.9 Å². The van der Waals surface area contributed by atoms with Crippen molar-refractivity contribution in [1.29, 1.82) is 0 Å². The van der Waals surface area contributed by atoms with E-state index in [-0.39, 0.29) is 0 Å². The third-order valence-electron chi connectivity index (χ3n) is 3.44. The van der Waals surface area contributed by atoms with Crippen molar-refractivity contribution < 1.29 is 0 Å². The summed E-state index contributed by atoms with van der Waals surface area (Å²) >= 11 is 0. The molecule has 1 aliphatic rings. The number of aryl methyl sites for hydroxylation is 1. The fourth-order valence-electron chi connectivity index (χ4n) is 2.40. The molecule has 0 saturated carbocycles. The van der Waals surface area contributed by atoms with Gasteiger partial charge in [-0.2, -0.15) is 4.98 Å². The van der Waals surface area contributed by atoms with Gasteiger partial charge in [0.1, 0.15) is 11.6 Å². The Labute approximate surface area is 118 Å². The quantitative estimate of drug-likeness (QED) is 0.920. The molecular weight excluding hydrogens is 252 g/mol. The first-order valence-corrected chi connectivity index (χ1v) is 7.11. The lowest BCUT2D eigenvalue weighted by atomic mass is 10.3. The number of nitrogens with one attached hydrogen (secondary N) is 1. The maximum atomic E-state index is 4.62. The standard InChI is InChI=1S/C14H20N6/c1-3-4-16-14-17-11(2)9-12(18-14)20-8-7-19-6-5-15-13(19)10-20/h5-6,9H,3-4,7-8,10H2,1-2H3,(H,16,17,18). The Balaban J connectivity index is 1.82. The van der Waals surface area contributed by atoms with Crippen LogP contribution in [0, 0.1) is 6.92 Å². The van der Waals surface area contributed by atoms with Crippen LogP contribution in [0.2, 0.25) is 0 Å². The molecule has 1 aliphatic heterocycles. The molecule has 106 valence electrons. The van der Waals surface area contributed by atoms with Crippen LogP contribution < -0.4 is 10.2 Å². The van der Waals surface area contributed by atoms with Gasteiger partial charge in [-0.3, -0.25) is 0 Å². The van der Waals surface area contributed by atoms with E-state index < -0.39 is 0 Å². The number of hydrogen-bond donors (Lipinski definition) is 1. The Morgan fingerprint density at radius 1 is 1.30 bits per heavy atom. The van der Waals surface area contributed by atoms with Gasteiger partial charge in [-0.05, 0) is 13.3 Å². The van der Waals surface area contributed by atoms with Gasteiger partial charge in [-0.15, -0.1) is 0 Å². The minimum Gasteiger partial charge on any atom is -0.354 e. The smallest absolute Gasteiger partial charge is 0.224 e. The summed E-state index contributed by atoms with van der Waals surface area (Å²) in [5, 5.41) is 3.26. The van der Waals surface area contributed by atoms with Gasteiger partial charge in [-0.25, -0.2) is 9.97 Å². The van der Waals surface area contributed by atoms with E-state index >= 15 is 0 Å². The van der Waals surface area contributed by atoms with Crippen molar-refractivity contribution >= 4 is 11.8 Å². The Hall–Kier alpha value is -2.11. The predicted molar refractivity (Wildman–Crippen MR) is 78.8 cm³/mol. The van der Waals surface area contributed by atoms with Crippen molar-refractivity contribution in [2.75, 3.05) is 23.3 Å². The normalized spacial score (nSPS) is 14.2. The van der Waals surface area contributed by atoms with Crippen LogP contribution in [0.15, 0.2) is 18.5 Å². The number of anilines is 2. The molecule has 2 aromatic heterocycles. The second kappa shape index (κ2) is 5.48. The van der Waals surface area contributed by atoms with Crippen LogP contribution in [0.4, 0.5) is 11.8 Å². The van der Waals surface area contributed by atoms with Gasteiger partial charge >= 0.3 is 0 Å². The van der Waals surface area contributed by atoms with E-state index in [1.807, 2.05) is 25.4 Å². The summed E-state index contributed by atoms with van der Waals surface area (Å²) < 4.78 is 2.20. The lowest BCUT2D eigenvalue weighted by Gasteiger charge is -2.29. The molecule has 0 saturated heterocycles. The molecule has 3 rings (SSSR count). The van der Waals surface area contributed by atoms with Crippen molar-refractivity contribution in [2.24, 2.45) is 0 Å². The second-order valence-electron chi connectivity index (χ2n) is 5.08. The molecule has 0 amide bonds. The average Bonchev–Trinajstić information content (AvgIpc) is 2.92. The minimum absolute atomic E-state index is 0.718. The fraction of sp³-hybridized carbons (Fsp3) is 0.500. The molecule has 2 aromatic rings. The molecule has 0 fully saturated rings. The number of imidazole rings is 1. The molecule has 3 heterocycles. The monoisotopic (exact) mass is 272 g/mol. The van der Waals surface area contributed by atoms with E-state index in [2.05, 4.69) is 36.7 Å². The molecule has 0 spiro atoms. The Kier molecular flexibility index (Phi) is 3.54. The second-order valence-corrected chi connectivity index (χ2v) is 5.08. The number of nitrogens with zero attached hydrogens (tertiary/aromatic N) is 5. The molecular formula is C14H20N6. The van der Waals surface area contributed by atoms with E-state index in [9.17, 15) is 0 Å². The molecule has 20 heavy (non-hydrogen) atoms. The van der Waals surface area contributed by atoms with Crippen LogP contribution in [0.25, 0.3) is 0 Å². The van der Waals surface area contributed by atoms with E-state index in [0.29, 0.717) is 0 Å². The maximum absolute atomic E-state index is 4.62. The highest BCUT2D eigenvalue weighted by atomic mass is 15.3. The Morgan fingerprint density at radius 2 is 2.20 bits per heavy atom. The van der Waals surface area contributed by atoms with Crippen LogP contribution in [-0.2, 0) is 13.1 Å². The van der Waals surface area contributed by atoms with Crippen LogP contribution in [0.3, 0.4) is 0 Å². The average molecular weight is 272 g/mol. The highest BCUT2D eigenvalue weighted by Gasteiger charge is 2.18. The van der Waals surface area contributed by atoms with E-state index in [1.165, 1.54) is 0 Å². The summed E-state index contributed by atoms with van der Waals surface area (Å²) in [6.45, 7) is 7.74. The summed E-state index contributed by atoms with van der Waals surface area (Å²) in [7, 11) is 0. The zero-order chi connectivity index (χ0) is 13.9. The van der Waals surface area contributed by atoms with Crippen LogP contribution in [0.1, 0.15) is 24.9 Å². The highest BCUT2D eigenvalue weighted by Crippen LogP contribution is 2.20. The van der Waals surface area contributed by atoms with Gasteiger partial charge < -0.3 is 14.8 Å². The van der Waals surface area contributed by atoms with Crippen LogP contribution >= 0.6 is 0 Å². The summed E-state index contributed by atoms with van der Waals surface area (Å²) in [5.74, 6) is 2.79. The van der Waals surface area contributed by atoms with Gasteiger partial charge in [-0.1, -0.05) is 6.92 Å². The lowest BCUT2D eigenvalue weighted by molar-refractivity contribution is 0.556. The van der Waals surface area contributed by atoms with Crippen molar-refractivity contribution in [3.8, 4) is 0 Å². The first-order valence-electron chi connectivity index (χ1n) is 7.11. The topological polar surface area (TPSA) is 58.9 Å². The molecule has 0 atom stereocenters. The highest BCUT2D eigenvalue weighted by molar-refractivity contribution is 5.45. The Bertz CT molecular complexity index is 591. The van der Waals surface area contributed by atoms with E-state index in [1.54, 1.807) is 0 Å². The van der Waals surface area contributed by atoms with Crippen molar-refractivity contribution in [3.05, 3.63) is 30.0 Å². The molecule has 1 N–H and O–H groups in total. The zero-order valence-electron chi connectivity index (χ0n) is 12.0. The van der Waals surface area contributed by atoms with Gasteiger partial charge in [0.15, 0.2) is 0 Å². The number of aromatic nitrogens is 4. The van der Waals surface area contributed by atoms with Crippen LogP contribution in [-0.4, -0.2) is 32.6 Å². The minimum atomic E-state index is 0.718. The molecule has 0 radical (unpaired) electrons. The molecule has 0 aliphatic carbocycles. The number of rotatable bonds is 4. The first-order chi connectivity index (χ1) is 9.76. The lowest BCUT2D eigenvalue weighted by Crippen LogP contribution is -2.34. The molecule has 0 unspecified atom stereocenters. The molecule has 0 aromatic carbocycles. The van der Waals surface area contributed by atoms with Gasteiger partial charge in [0.05, 0.1) is 6.54 Å². The van der Waals surface area contributed by atoms with Gasteiger partial charge in [0, 0.05) is 43.8 Å². The van der Waals surface area contributed by atoms with Crippen molar-refractivity contribution in [1.82, 2.24) is 19.5 Å². The summed E-state index contributed by atoms with van der Waals surface area (Å²) in [6, 6.07) is 2.04. The largest absolute Gasteiger partial charge is 0.354 e. The fourth-order valence-corrected chi connectivity index (χ4v) is 2.40. The van der Waals surface area contributed by atoms with Crippen molar-refractivity contribution in [3.63, 3.8) is 0 Å². The predicted octanol–water partition coefficient (Wildman–Crippen LogP) is 1.82. The molecule has 0 bridgehead atoms. The SMILES string of the molecule is CCCNc1nc(C)cc(N2CCn3ccnc3C2)n1. The number of hydrogen-bond acceptors (Lipinski definition) is 5. The number of fused-ring (bicyclic) bond motifs is 1. The zero-order valence-corrected chi connectivity index (χ0v) is 12.0. The first kappa shape index (κ1) is 12.9. The summed E-state index contributed by atoms with van der Waals surface area (Å²) in [4.78, 5) is 15.7. The third-order valence-corrected chi connectivity index (χ3v) is 3.44. The summed E-state index contributed by atoms with van der Waals surface area (Å²) in [6.07, 6.45) is 4.96. The van der Waals surface area contributed by atoms with Gasteiger partial charge in [0.2, 0.25) is 5.95 Å². The van der Waals surface area contributed by atoms with Crippen molar-refractivity contribution in [2.45, 2.75) is 33.4 Å². The van der Waals surface area contributed by atoms with Gasteiger partial charge in [0.25, 0.3) is 0 Å². The molecule has 6 heteroatoms. The van der Waals surface area contributed by atoms with Crippen LogP contribution in [0.5, 0.6) is 0 Å². The maximum Gasteiger partial charge on any atom is 0.224 e. The Morgan fingerprint density at radius 3 is 3.05 bits per heavy atom. The third kappa shape index (κ3) is 2.59. The van der Waals surface area contributed by atoms with E-state index in [4.69, 9.17) is 0 Å². The summed E-state index contributed by atoms with van der Waals surface area (Å²) in [5.41, 5.74) is 0.988. The molecule has 6 nitrogen and oxygen atoms in total.